The number of para-hydroxylation sites is 1. The Morgan fingerprint density at radius 1 is 0.941 bits per heavy atom. The van der Waals surface area contributed by atoms with Gasteiger partial charge in [-0.15, -0.1) is 0 Å². The van der Waals surface area contributed by atoms with Gasteiger partial charge in [-0.2, -0.15) is 4.31 Å². The molecule has 7 nitrogen and oxygen atoms in total. The lowest BCUT2D eigenvalue weighted by atomic mass is 9.94. The van der Waals surface area contributed by atoms with Gasteiger partial charge in [-0.1, -0.05) is 60.2 Å². The summed E-state index contributed by atoms with van der Waals surface area (Å²) in [6.45, 7) is 3.48. The number of sulfonamides is 1. The van der Waals surface area contributed by atoms with Crippen LogP contribution in [0.3, 0.4) is 0 Å². The first-order valence-corrected chi connectivity index (χ1v) is 12.6. The van der Waals surface area contributed by atoms with Crippen LogP contribution in [0.15, 0.2) is 77.7 Å². The Balaban J connectivity index is 1.61. The second-order valence-corrected chi connectivity index (χ2v) is 10.5. The minimum absolute atomic E-state index is 0.0934. The maximum Gasteiger partial charge on any atom is 0.307 e. The highest BCUT2D eigenvalue weighted by Crippen LogP contribution is 2.35. The quantitative estimate of drug-likeness (QED) is 0.538. The first kappa shape index (κ1) is 23.9. The molecule has 0 radical (unpaired) electrons. The maximum absolute atomic E-state index is 13.1. The fourth-order valence-corrected chi connectivity index (χ4v) is 5.84. The molecule has 1 fully saturated rings. The Hall–Kier alpha value is -3.20. The molecule has 0 aliphatic carbocycles. The van der Waals surface area contributed by atoms with Crippen LogP contribution in [-0.4, -0.2) is 60.0 Å². The zero-order valence-corrected chi connectivity index (χ0v) is 19.8. The predicted octanol–water partition coefficient (Wildman–Crippen LogP) is 3.42. The molecule has 1 atom stereocenters. The second kappa shape index (κ2) is 9.97. The third kappa shape index (κ3) is 5.14. The molecule has 1 saturated heterocycles. The van der Waals surface area contributed by atoms with Crippen molar-refractivity contribution >= 4 is 16.0 Å². The number of carboxylic acids is 1. The van der Waals surface area contributed by atoms with Crippen molar-refractivity contribution in [2.75, 3.05) is 26.2 Å². The highest BCUT2D eigenvalue weighted by atomic mass is 32.2. The van der Waals surface area contributed by atoms with Crippen LogP contribution >= 0.6 is 0 Å². The van der Waals surface area contributed by atoms with E-state index in [1.165, 1.54) is 4.31 Å². The fraction of sp³-hybridized carbons (Fsp3) is 0.269. The van der Waals surface area contributed by atoms with Gasteiger partial charge >= 0.3 is 5.97 Å². The monoisotopic (exact) mass is 480 g/mol. The van der Waals surface area contributed by atoms with E-state index in [9.17, 15) is 23.4 Å². The first-order valence-electron chi connectivity index (χ1n) is 11.1. The number of hydrogen-bond acceptors (Lipinski definition) is 5. The van der Waals surface area contributed by atoms with Crippen LogP contribution < -0.4 is 0 Å². The van der Waals surface area contributed by atoms with Gasteiger partial charge in [0.05, 0.1) is 17.4 Å². The molecule has 2 N–H and O–H groups in total. The predicted molar refractivity (Wildman–Crippen MR) is 129 cm³/mol. The summed E-state index contributed by atoms with van der Waals surface area (Å²) in [7, 11) is -3.59. The van der Waals surface area contributed by atoms with Crippen molar-refractivity contribution < 1.29 is 23.4 Å². The Labute approximate surface area is 199 Å². The van der Waals surface area contributed by atoms with E-state index >= 15 is 0 Å². The minimum atomic E-state index is -3.59. The molecule has 8 heteroatoms. The normalized spacial score (nSPS) is 16.3. The van der Waals surface area contributed by atoms with Gasteiger partial charge in [0.1, 0.15) is 5.75 Å². The standard InChI is InChI=1S/C26H28N2O5S/c1-19-9-11-22(12-10-19)34(32,33)28-15-13-27(14-16-28)26(23-7-2-3-8-24(23)29)21-6-4-5-20(17-21)18-25(30)31/h2-12,17,26,29H,13-16,18H2,1H3,(H,30,31). The average molecular weight is 481 g/mol. The summed E-state index contributed by atoms with van der Waals surface area (Å²) in [6.07, 6.45) is -0.0934. The summed E-state index contributed by atoms with van der Waals surface area (Å²) in [6, 6.07) is 20.9. The Bertz CT molecular complexity index is 1270. The number of rotatable bonds is 7. The van der Waals surface area contributed by atoms with Crippen LogP contribution in [0.2, 0.25) is 0 Å². The van der Waals surface area contributed by atoms with Crippen molar-refractivity contribution in [3.05, 3.63) is 95.1 Å². The van der Waals surface area contributed by atoms with Crippen LogP contribution in [0.5, 0.6) is 5.75 Å². The molecule has 0 bridgehead atoms. The van der Waals surface area contributed by atoms with Crippen LogP contribution in [0, 0.1) is 6.92 Å². The fourth-order valence-electron chi connectivity index (χ4n) is 4.42. The SMILES string of the molecule is Cc1ccc(S(=O)(=O)N2CCN(C(c3cccc(CC(=O)O)c3)c3ccccc3O)CC2)cc1. The van der Waals surface area contributed by atoms with Gasteiger partial charge in [-0.3, -0.25) is 9.69 Å². The molecular weight excluding hydrogens is 452 g/mol. The lowest BCUT2D eigenvalue weighted by Gasteiger charge is -2.39. The van der Waals surface area contributed by atoms with Crippen molar-refractivity contribution in [3.8, 4) is 5.75 Å². The number of aromatic hydroxyl groups is 1. The highest BCUT2D eigenvalue weighted by molar-refractivity contribution is 7.89. The van der Waals surface area contributed by atoms with Gasteiger partial charge in [-0.05, 0) is 36.2 Å². The van der Waals surface area contributed by atoms with E-state index in [1.54, 1.807) is 42.5 Å². The molecule has 1 aliphatic rings. The van der Waals surface area contributed by atoms with Crippen molar-refractivity contribution in [2.24, 2.45) is 0 Å². The van der Waals surface area contributed by atoms with Gasteiger partial charge in [0, 0.05) is 31.7 Å². The number of carboxylic acid groups (broad SMARTS) is 1. The summed E-state index contributed by atoms with van der Waals surface area (Å²) in [4.78, 5) is 13.6. The van der Waals surface area contributed by atoms with Gasteiger partial charge < -0.3 is 10.2 Å². The molecule has 178 valence electrons. The van der Waals surface area contributed by atoms with E-state index in [2.05, 4.69) is 4.90 Å². The van der Waals surface area contributed by atoms with Gasteiger partial charge in [-0.25, -0.2) is 8.42 Å². The number of nitrogens with zero attached hydrogens (tertiary/aromatic N) is 2. The van der Waals surface area contributed by atoms with Gasteiger partial charge in [0.2, 0.25) is 10.0 Å². The summed E-state index contributed by atoms with van der Waals surface area (Å²) >= 11 is 0. The molecule has 1 unspecified atom stereocenters. The van der Waals surface area contributed by atoms with E-state index in [4.69, 9.17) is 0 Å². The molecule has 0 aromatic heterocycles. The zero-order chi connectivity index (χ0) is 24.3. The number of phenols is 1. The summed E-state index contributed by atoms with van der Waals surface area (Å²) in [5.41, 5.74) is 3.23. The number of aliphatic carboxylic acids is 1. The van der Waals surface area contributed by atoms with E-state index in [0.717, 1.165) is 11.1 Å². The second-order valence-electron chi connectivity index (χ2n) is 8.53. The van der Waals surface area contributed by atoms with Crippen molar-refractivity contribution in [3.63, 3.8) is 0 Å². The number of phenolic OH excluding ortho intramolecular Hbond substituents is 1. The molecule has 1 aliphatic heterocycles. The molecule has 34 heavy (non-hydrogen) atoms. The number of aryl methyl sites for hydroxylation is 1. The Morgan fingerprint density at radius 2 is 1.62 bits per heavy atom. The van der Waals surface area contributed by atoms with Gasteiger partial charge in [0.15, 0.2) is 0 Å². The number of carbonyl (C=O) groups is 1. The van der Waals surface area contributed by atoms with E-state index in [0.29, 0.717) is 37.3 Å². The third-order valence-corrected chi connectivity index (χ3v) is 8.06. The van der Waals surface area contributed by atoms with E-state index < -0.39 is 16.0 Å². The number of hydrogen-bond donors (Lipinski definition) is 2. The molecule has 4 rings (SSSR count). The van der Waals surface area contributed by atoms with Gasteiger partial charge in [0.25, 0.3) is 0 Å². The first-order chi connectivity index (χ1) is 16.3. The summed E-state index contributed by atoms with van der Waals surface area (Å²) in [5.74, 6) is -0.767. The molecule has 3 aromatic rings. The van der Waals surface area contributed by atoms with E-state index in [-0.39, 0.29) is 23.1 Å². The lowest BCUT2D eigenvalue weighted by Crippen LogP contribution is -2.49. The molecule has 0 amide bonds. The van der Waals surface area contributed by atoms with E-state index in [1.807, 2.05) is 37.3 Å². The van der Waals surface area contributed by atoms with Crippen LogP contribution in [0.1, 0.15) is 28.3 Å². The highest BCUT2D eigenvalue weighted by Gasteiger charge is 2.33. The molecule has 0 saturated carbocycles. The van der Waals surface area contributed by atoms with Crippen LogP contribution in [-0.2, 0) is 21.2 Å². The number of piperazine rings is 1. The molecule has 1 heterocycles. The van der Waals surface area contributed by atoms with Crippen molar-refractivity contribution in [1.29, 1.82) is 0 Å². The third-order valence-electron chi connectivity index (χ3n) is 6.15. The Kier molecular flexibility index (Phi) is 7.02. The minimum Gasteiger partial charge on any atom is -0.508 e. The molecule has 3 aromatic carbocycles. The molecular formula is C26H28N2O5S. The van der Waals surface area contributed by atoms with Crippen LogP contribution in [0.25, 0.3) is 0 Å². The zero-order valence-electron chi connectivity index (χ0n) is 19.0. The lowest BCUT2D eigenvalue weighted by molar-refractivity contribution is -0.136. The maximum atomic E-state index is 13.1. The molecule has 0 spiro atoms. The topological polar surface area (TPSA) is 98.2 Å². The summed E-state index contributed by atoms with van der Waals surface area (Å²) < 4.78 is 27.8. The average Bonchev–Trinajstić information content (AvgIpc) is 2.81. The smallest absolute Gasteiger partial charge is 0.307 e. The van der Waals surface area contributed by atoms with Crippen LogP contribution in [0.4, 0.5) is 0 Å². The van der Waals surface area contributed by atoms with Crippen molar-refractivity contribution in [1.82, 2.24) is 9.21 Å². The summed E-state index contributed by atoms with van der Waals surface area (Å²) in [5, 5.41) is 19.8. The number of benzene rings is 3. The largest absolute Gasteiger partial charge is 0.508 e. The van der Waals surface area contributed by atoms with Crippen molar-refractivity contribution in [2.45, 2.75) is 24.3 Å². The Morgan fingerprint density at radius 3 is 2.26 bits per heavy atom.